The zero-order chi connectivity index (χ0) is 13.0. The Bertz CT molecular complexity index is 422. The minimum atomic E-state index is -1.08. The Balaban J connectivity index is 3.12. The first kappa shape index (κ1) is 13.6. The number of nitrogens with two attached hydrogens (primary N) is 1. The average molecular weight is 260 g/mol. The van der Waals surface area contributed by atoms with E-state index in [9.17, 15) is 4.79 Å². The van der Waals surface area contributed by atoms with Crippen molar-refractivity contribution >= 4 is 17.6 Å². The molecule has 1 unspecified atom stereocenters. The van der Waals surface area contributed by atoms with E-state index in [0.29, 0.717) is 22.1 Å². The molecule has 0 aliphatic heterocycles. The summed E-state index contributed by atoms with van der Waals surface area (Å²) in [7, 11) is 2.95. The van der Waals surface area contributed by atoms with Crippen molar-refractivity contribution in [3.05, 3.63) is 22.7 Å². The van der Waals surface area contributed by atoms with Crippen LogP contribution in [0.4, 0.5) is 0 Å². The Kier molecular flexibility index (Phi) is 4.60. The molecule has 1 aromatic carbocycles. The third kappa shape index (κ3) is 3.25. The fraction of sp³-hybridized carbons (Fsp3) is 0.364. The second-order valence-corrected chi connectivity index (χ2v) is 3.89. The van der Waals surface area contributed by atoms with Crippen LogP contribution >= 0.6 is 11.6 Å². The first-order chi connectivity index (χ1) is 7.99. The Morgan fingerprint density at radius 3 is 2.59 bits per heavy atom. The molecule has 0 bridgehead atoms. The Labute approximate surface area is 104 Å². The summed E-state index contributed by atoms with van der Waals surface area (Å²) in [5.74, 6) is -0.174. The Morgan fingerprint density at radius 2 is 2.12 bits per heavy atom. The highest BCUT2D eigenvalue weighted by Gasteiger charge is 2.18. The summed E-state index contributed by atoms with van der Waals surface area (Å²) in [5.41, 5.74) is 6.08. The van der Waals surface area contributed by atoms with Crippen LogP contribution in [-0.2, 0) is 11.2 Å². The van der Waals surface area contributed by atoms with Gasteiger partial charge in [0.15, 0.2) is 11.5 Å². The number of methoxy groups -OCH3 is 2. The number of carboxylic acids is 1. The van der Waals surface area contributed by atoms with Crippen LogP contribution in [0, 0.1) is 0 Å². The van der Waals surface area contributed by atoms with Gasteiger partial charge in [0.25, 0.3) is 0 Å². The van der Waals surface area contributed by atoms with Crippen LogP contribution < -0.4 is 15.2 Å². The van der Waals surface area contributed by atoms with Crippen molar-refractivity contribution in [2.45, 2.75) is 12.5 Å². The third-order valence-electron chi connectivity index (χ3n) is 2.28. The van der Waals surface area contributed by atoms with Gasteiger partial charge in [0, 0.05) is 23.1 Å². The van der Waals surface area contributed by atoms with E-state index in [0.717, 1.165) is 0 Å². The summed E-state index contributed by atoms with van der Waals surface area (Å²) < 4.78 is 10.3. The van der Waals surface area contributed by atoms with Crippen LogP contribution in [0.2, 0.25) is 5.02 Å². The number of ether oxygens (including phenoxy) is 2. The van der Waals surface area contributed by atoms with E-state index in [4.69, 9.17) is 31.9 Å². The maximum absolute atomic E-state index is 10.7. The molecule has 5 nitrogen and oxygen atoms in total. The van der Waals surface area contributed by atoms with Gasteiger partial charge < -0.3 is 20.3 Å². The number of carbonyl (C=O) groups is 1. The fourth-order valence-electron chi connectivity index (χ4n) is 1.48. The minimum Gasteiger partial charge on any atom is -0.493 e. The Hall–Kier alpha value is -1.46. The molecule has 0 saturated heterocycles. The highest BCUT2D eigenvalue weighted by atomic mass is 35.5. The molecule has 1 aromatic rings. The van der Waals surface area contributed by atoms with Gasteiger partial charge in [-0.3, -0.25) is 4.79 Å². The zero-order valence-electron chi connectivity index (χ0n) is 9.57. The molecule has 0 radical (unpaired) electrons. The lowest BCUT2D eigenvalue weighted by Gasteiger charge is -2.14. The van der Waals surface area contributed by atoms with E-state index in [-0.39, 0.29) is 6.42 Å². The van der Waals surface area contributed by atoms with Gasteiger partial charge in [-0.25, -0.2) is 0 Å². The number of aliphatic carboxylic acids is 1. The molecule has 17 heavy (non-hydrogen) atoms. The van der Waals surface area contributed by atoms with Crippen molar-refractivity contribution < 1.29 is 19.4 Å². The number of halogens is 1. The van der Waals surface area contributed by atoms with Gasteiger partial charge >= 0.3 is 5.97 Å². The monoisotopic (exact) mass is 259 g/mol. The summed E-state index contributed by atoms with van der Waals surface area (Å²) in [4.78, 5) is 10.7. The molecular weight excluding hydrogens is 246 g/mol. The molecule has 0 aromatic heterocycles. The molecule has 3 N–H and O–H groups in total. The molecular formula is C11H14ClNO4. The molecule has 6 heteroatoms. The lowest BCUT2D eigenvalue weighted by atomic mass is 10.0. The van der Waals surface area contributed by atoms with E-state index in [1.807, 2.05) is 0 Å². The molecule has 0 fully saturated rings. The second-order valence-electron chi connectivity index (χ2n) is 3.45. The summed E-state index contributed by atoms with van der Waals surface area (Å²) in [6.45, 7) is 0. The molecule has 0 heterocycles. The van der Waals surface area contributed by atoms with Crippen molar-refractivity contribution in [2.75, 3.05) is 14.2 Å². The lowest BCUT2D eigenvalue weighted by Crippen LogP contribution is -2.32. The van der Waals surface area contributed by atoms with Crippen molar-refractivity contribution in [3.8, 4) is 11.5 Å². The molecule has 0 aliphatic rings. The molecule has 94 valence electrons. The Morgan fingerprint density at radius 1 is 1.47 bits per heavy atom. The maximum Gasteiger partial charge on any atom is 0.320 e. The van der Waals surface area contributed by atoms with Crippen molar-refractivity contribution in [3.63, 3.8) is 0 Å². The summed E-state index contributed by atoms with van der Waals surface area (Å²) in [6.07, 6.45) is 0.120. The molecule has 0 spiro atoms. The zero-order valence-corrected chi connectivity index (χ0v) is 10.3. The van der Waals surface area contributed by atoms with E-state index in [1.165, 1.54) is 14.2 Å². The van der Waals surface area contributed by atoms with E-state index in [1.54, 1.807) is 12.1 Å². The van der Waals surface area contributed by atoms with Crippen LogP contribution in [0.3, 0.4) is 0 Å². The summed E-state index contributed by atoms with van der Waals surface area (Å²) in [5, 5.41) is 9.21. The highest BCUT2D eigenvalue weighted by Crippen LogP contribution is 2.34. The van der Waals surface area contributed by atoms with Gasteiger partial charge in [0.05, 0.1) is 14.2 Å². The maximum atomic E-state index is 10.7. The molecule has 0 amide bonds. The summed E-state index contributed by atoms with van der Waals surface area (Å²) >= 11 is 5.90. The van der Waals surface area contributed by atoms with Gasteiger partial charge in [-0.2, -0.15) is 0 Å². The predicted octanol–water partition coefficient (Wildman–Crippen LogP) is 1.31. The SMILES string of the molecule is COc1cc(Cl)cc(CC(N)C(=O)O)c1OC. The van der Waals surface area contributed by atoms with E-state index in [2.05, 4.69) is 0 Å². The average Bonchev–Trinajstić information content (AvgIpc) is 2.27. The predicted molar refractivity (Wildman–Crippen MR) is 63.9 cm³/mol. The minimum absolute atomic E-state index is 0.120. The van der Waals surface area contributed by atoms with Crippen LogP contribution in [0.1, 0.15) is 5.56 Å². The van der Waals surface area contributed by atoms with E-state index >= 15 is 0 Å². The quantitative estimate of drug-likeness (QED) is 0.833. The van der Waals surface area contributed by atoms with Crippen molar-refractivity contribution in [2.24, 2.45) is 5.73 Å². The van der Waals surface area contributed by atoms with Gasteiger partial charge in [-0.15, -0.1) is 0 Å². The molecule has 0 aliphatic carbocycles. The normalized spacial score (nSPS) is 12.0. The standard InChI is InChI=1S/C11H14ClNO4/c1-16-9-5-7(12)3-6(10(9)17-2)4-8(13)11(14)15/h3,5,8H,4,13H2,1-2H3,(H,14,15). The fourth-order valence-corrected chi connectivity index (χ4v) is 1.71. The first-order valence-electron chi connectivity index (χ1n) is 4.88. The van der Waals surface area contributed by atoms with Crippen LogP contribution in [-0.4, -0.2) is 31.3 Å². The lowest BCUT2D eigenvalue weighted by molar-refractivity contribution is -0.138. The number of carboxylic acid groups (broad SMARTS) is 1. The van der Waals surface area contributed by atoms with E-state index < -0.39 is 12.0 Å². The first-order valence-corrected chi connectivity index (χ1v) is 5.26. The van der Waals surface area contributed by atoms with Gasteiger partial charge in [-0.05, 0) is 6.07 Å². The van der Waals surface area contributed by atoms with Crippen LogP contribution in [0.25, 0.3) is 0 Å². The largest absolute Gasteiger partial charge is 0.493 e. The topological polar surface area (TPSA) is 81.8 Å². The molecule has 1 rings (SSSR count). The number of hydrogen-bond acceptors (Lipinski definition) is 4. The number of rotatable bonds is 5. The van der Waals surface area contributed by atoms with Gasteiger partial charge in [0.1, 0.15) is 6.04 Å². The van der Waals surface area contributed by atoms with Gasteiger partial charge in [-0.1, -0.05) is 11.6 Å². The van der Waals surface area contributed by atoms with Crippen LogP contribution in [0.5, 0.6) is 11.5 Å². The van der Waals surface area contributed by atoms with Crippen molar-refractivity contribution in [1.29, 1.82) is 0 Å². The van der Waals surface area contributed by atoms with Crippen LogP contribution in [0.15, 0.2) is 12.1 Å². The van der Waals surface area contributed by atoms with Crippen molar-refractivity contribution in [1.82, 2.24) is 0 Å². The molecule has 1 atom stereocenters. The highest BCUT2D eigenvalue weighted by molar-refractivity contribution is 6.30. The van der Waals surface area contributed by atoms with Gasteiger partial charge in [0.2, 0.25) is 0 Å². The summed E-state index contributed by atoms with van der Waals surface area (Å²) in [6, 6.07) is 2.20. The third-order valence-corrected chi connectivity index (χ3v) is 2.50. The number of benzene rings is 1. The molecule has 0 saturated carbocycles. The second kappa shape index (κ2) is 5.75. The smallest absolute Gasteiger partial charge is 0.320 e. The number of hydrogen-bond donors (Lipinski definition) is 2.